The SMILES string of the molecule is COc1c(F)c(F)c(S(=O)(=O)Nc2cccc(NC(=O)c3ccco3)c2)c(F)c1F. The summed E-state index contributed by atoms with van der Waals surface area (Å²) in [5.41, 5.74) is -0.146. The molecular weight excluding hydrogens is 432 g/mol. The van der Waals surface area contributed by atoms with E-state index in [-0.39, 0.29) is 17.1 Å². The Morgan fingerprint density at radius 3 is 2.17 bits per heavy atom. The number of carbonyl (C=O) groups is 1. The smallest absolute Gasteiger partial charge is 0.291 e. The van der Waals surface area contributed by atoms with Gasteiger partial charge in [-0.2, -0.15) is 8.78 Å². The maximum Gasteiger partial charge on any atom is 0.291 e. The molecule has 3 aromatic rings. The van der Waals surface area contributed by atoms with E-state index in [9.17, 15) is 30.8 Å². The Morgan fingerprint density at radius 2 is 1.60 bits per heavy atom. The lowest BCUT2D eigenvalue weighted by atomic mass is 10.3. The molecule has 2 aromatic carbocycles. The lowest BCUT2D eigenvalue weighted by Gasteiger charge is -2.13. The molecule has 1 amide bonds. The first-order chi connectivity index (χ1) is 14.2. The van der Waals surface area contributed by atoms with E-state index < -0.39 is 49.8 Å². The van der Waals surface area contributed by atoms with E-state index in [1.54, 1.807) is 4.72 Å². The third-order valence-electron chi connectivity index (χ3n) is 3.77. The van der Waals surface area contributed by atoms with Crippen LogP contribution in [0.2, 0.25) is 0 Å². The van der Waals surface area contributed by atoms with E-state index in [1.165, 1.54) is 36.6 Å². The van der Waals surface area contributed by atoms with Crippen LogP contribution in [0.15, 0.2) is 52.0 Å². The summed E-state index contributed by atoms with van der Waals surface area (Å²) in [7, 11) is -4.34. The number of carbonyl (C=O) groups excluding carboxylic acids is 1. The van der Waals surface area contributed by atoms with Crippen LogP contribution in [0, 0.1) is 23.3 Å². The summed E-state index contributed by atoms with van der Waals surface area (Å²) in [6.45, 7) is 0. The zero-order valence-corrected chi connectivity index (χ0v) is 15.8. The molecule has 0 aliphatic heterocycles. The van der Waals surface area contributed by atoms with Gasteiger partial charge in [0.15, 0.2) is 28.0 Å². The summed E-state index contributed by atoms with van der Waals surface area (Å²) in [5.74, 6) is -10.4. The van der Waals surface area contributed by atoms with Crippen LogP contribution in [0.3, 0.4) is 0 Å². The van der Waals surface area contributed by atoms with Gasteiger partial charge in [0.05, 0.1) is 19.1 Å². The minimum absolute atomic E-state index is 0.0192. The normalized spacial score (nSPS) is 11.2. The number of methoxy groups -OCH3 is 1. The third kappa shape index (κ3) is 3.94. The Bertz CT molecular complexity index is 1180. The highest BCUT2D eigenvalue weighted by molar-refractivity contribution is 7.92. The van der Waals surface area contributed by atoms with E-state index in [4.69, 9.17) is 4.42 Å². The van der Waals surface area contributed by atoms with Crippen LogP contribution in [0.1, 0.15) is 10.6 Å². The molecule has 0 aliphatic carbocycles. The summed E-state index contributed by atoms with van der Waals surface area (Å²) < 4.78 is 91.7. The molecule has 0 bridgehead atoms. The fraction of sp³-hybridized carbons (Fsp3) is 0.0556. The number of ether oxygens (including phenoxy) is 1. The van der Waals surface area contributed by atoms with Gasteiger partial charge in [-0.3, -0.25) is 9.52 Å². The third-order valence-corrected chi connectivity index (χ3v) is 5.17. The van der Waals surface area contributed by atoms with Gasteiger partial charge in [0.2, 0.25) is 11.6 Å². The van der Waals surface area contributed by atoms with Crippen molar-refractivity contribution < 1.29 is 39.9 Å². The molecule has 1 aromatic heterocycles. The molecule has 7 nitrogen and oxygen atoms in total. The Hall–Kier alpha value is -3.54. The molecule has 1 heterocycles. The largest absolute Gasteiger partial charge is 0.491 e. The zero-order valence-electron chi connectivity index (χ0n) is 15.0. The van der Waals surface area contributed by atoms with Crippen LogP contribution >= 0.6 is 0 Å². The summed E-state index contributed by atoms with van der Waals surface area (Å²) >= 11 is 0. The number of rotatable bonds is 6. The fourth-order valence-electron chi connectivity index (χ4n) is 2.47. The average molecular weight is 444 g/mol. The van der Waals surface area contributed by atoms with E-state index >= 15 is 0 Å². The number of amides is 1. The number of halogens is 4. The molecule has 0 saturated heterocycles. The number of nitrogens with one attached hydrogen (secondary N) is 2. The van der Waals surface area contributed by atoms with Crippen molar-refractivity contribution in [3.63, 3.8) is 0 Å². The molecule has 3 rings (SSSR count). The molecular formula is C18H12F4N2O5S. The molecule has 158 valence electrons. The van der Waals surface area contributed by atoms with Crippen LogP contribution in [0.25, 0.3) is 0 Å². The second-order valence-electron chi connectivity index (χ2n) is 5.74. The molecule has 0 radical (unpaired) electrons. The van der Waals surface area contributed by atoms with Crippen molar-refractivity contribution in [2.75, 3.05) is 17.1 Å². The first-order valence-electron chi connectivity index (χ1n) is 8.03. The van der Waals surface area contributed by atoms with Crippen LogP contribution in [-0.4, -0.2) is 21.4 Å². The van der Waals surface area contributed by atoms with Gasteiger partial charge < -0.3 is 14.5 Å². The Balaban J connectivity index is 1.92. The maximum atomic E-state index is 14.1. The molecule has 0 atom stereocenters. The molecule has 2 N–H and O–H groups in total. The van der Waals surface area contributed by atoms with E-state index in [1.807, 2.05) is 0 Å². The molecule has 30 heavy (non-hydrogen) atoms. The summed E-state index contributed by atoms with van der Waals surface area (Å²) in [6.07, 6.45) is 1.27. The Kier molecular flexibility index (Phi) is 5.69. The lowest BCUT2D eigenvalue weighted by Crippen LogP contribution is -2.19. The van der Waals surface area contributed by atoms with Crippen molar-refractivity contribution in [3.8, 4) is 5.75 Å². The monoisotopic (exact) mass is 444 g/mol. The minimum Gasteiger partial charge on any atom is -0.491 e. The average Bonchev–Trinajstić information content (AvgIpc) is 3.22. The van der Waals surface area contributed by atoms with Crippen molar-refractivity contribution in [3.05, 3.63) is 71.7 Å². The first-order valence-corrected chi connectivity index (χ1v) is 9.51. The van der Waals surface area contributed by atoms with Gasteiger partial charge in [-0.15, -0.1) is 0 Å². The Morgan fingerprint density at radius 1 is 0.967 bits per heavy atom. The standard InChI is InChI=1S/C18H12F4N2O5S/c1-28-16-12(19)14(21)17(15(22)13(16)20)30(26,27)24-10-5-2-4-9(8-10)23-18(25)11-6-3-7-29-11/h2-8,24H,1H3,(H,23,25). The summed E-state index contributed by atoms with van der Waals surface area (Å²) in [5, 5.41) is 2.41. The number of hydrogen-bond donors (Lipinski definition) is 2. The number of benzene rings is 2. The molecule has 12 heteroatoms. The van der Waals surface area contributed by atoms with Gasteiger partial charge in [0.25, 0.3) is 15.9 Å². The summed E-state index contributed by atoms with van der Waals surface area (Å²) in [6, 6.07) is 7.89. The minimum atomic E-state index is -5.10. The van der Waals surface area contributed by atoms with Gasteiger partial charge in [0.1, 0.15) is 0 Å². The van der Waals surface area contributed by atoms with E-state index in [0.717, 1.165) is 13.2 Å². The van der Waals surface area contributed by atoms with Gasteiger partial charge in [0, 0.05) is 5.69 Å². The van der Waals surface area contributed by atoms with Crippen molar-refractivity contribution >= 4 is 27.3 Å². The first kappa shape index (κ1) is 21.2. The molecule has 0 saturated carbocycles. The molecule has 0 aliphatic rings. The van der Waals surface area contributed by atoms with E-state index in [2.05, 4.69) is 10.1 Å². The predicted molar refractivity (Wildman–Crippen MR) is 96.7 cm³/mol. The quantitative estimate of drug-likeness (QED) is 0.444. The zero-order chi connectivity index (χ0) is 22.1. The maximum absolute atomic E-state index is 14.1. The van der Waals surface area contributed by atoms with E-state index in [0.29, 0.717) is 0 Å². The van der Waals surface area contributed by atoms with Crippen molar-refractivity contribution in [1.29, 1.82) is 0 Å². The second-order valence-corrected chi connectivity index (χ2v) is 7.36. The number of hydrogen-bond acceptors (Lipinski definition) is 5. The van der Waals surface area contributed by atoms with Crippen LogP contribution < -0.4 is 14.8 Å². The molecule has 0 unspecified atom stereocenters. The van der Waals surface area contributed by atoms with Gasteiger partial charge in [-0.05, 0) is 30.3 Å². The predicted octanol–water partition coefficient (Wildman–Crippen LogP) is 3.90. The highest BCUT2D eigenvalue weighted by Crippen LogP contribution is 2.33. The number of sulfonamides is 1. The topological polar surface area (TPSA) is 97.6 Å². The summed E-state index contributed by atoms with van der Waals surface area (Å²) in [4.78, 5) is 10.1. The van der Waals surface area contributed by atoms with Crippen LogP contribution in [0.4, 0.5) is 28.9 Å². The van der Waals surface area contributed by atoms with Crippen molar-refractivity contribution in [2.45, 2.75) is 4.90 Å². The van der Waals surface area contributed by atoms with Crippen molar-refractivity contribution in [1.82, 2.24) is 0 Å². The highest BCUT2D eigenvalue weighted by Gasteiger charge is 2.34. The van der Waals surface area contributed by atoms with Crippen molar-refractivity contribution in [2.24, 2.45) is 0 Å². The molecule has 0 spiro atoms. The Labute approximate surface area is 167 Å². The highest BCUT2D eigenvalue weighted by atomic mass is 32.2. The van der Waals surface area contributed by atoms with Gasteiger partial charge in [-0.1, -0.05) is 6.07 Å². The fourth-order valence-corrected chi connectivity index (χ4v) is 3.66. The number of anilines is 2. The van der Waals surface area contributed by atoms with Crippen LogP contribution in [0.5, 0.6) is 5.75 Å². The van der Waals surface area contributed by atoms with Gasteiger partial charge in [-0.25, -0.2) is 17.2 Å². The second kappa shape index (κ2) is 8.06. The molecule has 0 fully saturated rings. The van der Waals surface area contributed by atoms with Crippen LogP contribution in [-0.2, 0) is 10.0 Å². The number of furan rings is 1. The van der Waals surface area contributed by atoms with Gasteiger partial charge >= 0.3 is 0 Å². The lowest BCUT2D eigenvalue weighted by molar-refractivity contribution is 0.0996.